The predicted octanol–water partition coefficient (Wildman–Crippen LogP) is 1.11. The summed E-state index contributed by atoms with van der Waals surface area (Å²) in [5.74, 6) is 0.588. The second kappa shape index (κ2) is 7.21. The molecule has 0 bridgehead atoms. The Morgan fingerprint density at radius 2 is 1.86 bits per heavy atom. The van der Waals surface area contributed by atoms with Gasteiger partial charge in [0.25, 0.3) is 0 Å². The van der Waals surface area contributed by atoms with E-state index in [-0.39, 0.29) is 6.04 Å². The van der Waals surface area contributed by atoms with Gasteiger partial charge in [-0.25, -0.2) is 0 Å². The van der Waals surface area contributed by atoms with Gasteiger partial charge in [-0.15, -0.1) is 0 Å². The summed E-state index contributed by atoms with van der Waals surface area (Å²) in [6.07, 6.45) is 1.49. The Morgan fingerprint density at radius 1 is 1.29 bits per heavy atom. The van der Waals surface area contributed by atoms with E-state index in [9.17, 15) is 5.11 Å². The van der Waals surface area contributed by atoms with Gasteiger partial charge in [0.15, 0.2) is 0 Å². The highest BCUT2D eigenvalue weighted by Gasteiger charge is 2.15. The lowest BCUT2D eigenvalue weighted by Gasteiger charge is -2.23. The minimum atomic E-state index is -0.420. The zero-order valence-electron chi connectivity index (χ0n) is 9.96. The standard InChI is InChI=1S/C11H26N2O/c1-5-6-10(12)11(14)7-13-9(4)8(2)3/h8-11,13-14H,5-7,12H2,1-4H3/t9-,10-,11?/m0/s1. The Morgan fingerprint density at radius 3 is 2.29 bits per heavy atom. The van der Waals surface area contributed by atoms with Crippen molar-refractivity contribution in [3.05, 3.63) is 0 Å². The Bertz CT molecular complexity index is 139. The van der Waals surface area contributed by atoms with E-state index in [0.717, 1.165) is 12.8 Å². The van der Waals surface area contributed by atoms with Gasteiger partial charge in [-0.05, 0) is 19.3 Å². The summed E-state index contributed by atoms with van der Waals surface area (Å²) in [6.45, 7) is 9.13. The van der Waals surface area contributed by atoms with Crippen LogP contribution in [-0.4, -0.2) is 29.8 Å². The van der Waals surface area contributed by atoms with Crippen molar-refractivity contribution in [1.29, 1.82) is 0 Å². The number of nitrogens with two attached hydrogens (primary N) is 1. The van der Waals surface area contributed by atoms with E-state index < -0.39 is 6.10 Å². The third kappa shape index (κ3) is 5.58. The average Bonchev–Trinajstić information content (AvgIpc) is 2.13. The zero-order chi connectivity index (χ0) is 11.1. The molecule has 1 unspecified atom stereocenters. The summed E-state index contributed by atoms with van der Waals surface area (Å²) < 4.78 is 0. The zero-order valence-corrected chi connectivity index (χ0v) is 9.96. The highest BCUT2D eigenvalue weighted by molar-refractivity contribution is 4.75. The van der Waals surface area contributed by atoms with Crippen molar-refractivity contribution in [2.45, 2.75) is 58.7 Å². The Kier molecular flexibility index (Phi) is 7.15. The van der Waals surface area contributed by atoms with Gasteiger partial charge >= 0.3 is 0 Å². The van der Waals surface area contributed by atoms with E-state index in [1.807, 2.05) is 0 Å². The first-order chi connectivity index (χ1) is 6.49. The van der Waals surface area contributed by atoms with Crippen molar-refractivity contribution in [2.75, 3.05) is 6.54 Å². The van der Waals surface area contributed by atoms with Gasteiger partial charge in [0.2, 0.25) is 0 Å². The number of aliphatic hydroxyl groups is 1. The molecule has 86 valence electrons. The maximum absolute atomic E-state index is 9.69. The van der Waals surface area contributed by atoms with Crippen LogP contribution in [-0.2, 0) is 0 Å². The molecule has 0 aromatic carbocycles. The SMILES string of the molecule is CCC[C@H](N)C(O)CN[C@@H](C)C(C)C. The van der Waals surface area contributed by atoms with Crippen LogP contribution < -0.4 is 11.1 Å². The quantitative estimate of drug-likeness (QED) is 0.579. The molecule has 0 aromatic heterocycles. The fourth-order valence-electron chi connectivity index (χ4n) is 1.22. The molecule has 0 aliphatic carbocycles. The van der Waals surface area contributed by atoms with Crippen LogP contribution in [0.15, 0.2) is 0 Å². The number of hydrogen-bond donors (Lipinski definition) is 3. The van der Waals surface area contributed by atoms with Gasteiger partial charge in [0.1, 0.15) is 0 Å². The molecule has 0 fully saturated rings. The summed E-state index contributed by atoms with van der Waals surface area (Å²) in [5.41, 5.74) is 5.80. The monoisotopic (exact) mass is 202 g/mol. The van der Waals surface area contributed by atoms with Crippen molar-refractivity contribution in [3.63, 3.8) is 0 Å². The second-order valence-electron chi connectivity index (χ2n) is 4.46. The van der Waals surface area contributed by atoms with Crippen LogP contribution in [0.3, 0.4) is 0 Å². The van der Waals surface area contributed by atoms with Gasteiger partial charge in [0, 0.05) is 18.6 Å². The highest BCUT2D eigenvalue weighted by atomic mass is 16.3. The van der Waals surface area contributed by atoms with Crippen molar-refractivity contribution in [1.82, 2.24) is 5.32 Å². The third-order valence-corrected chi connectivity index (χ3v) is 2.77. The maximum Gasteiger partial charge on any atom is 0.0815 e. The summed E-state index contributed by atoms with van der Waals surface area (Å²) in [4.78, 5) is 0. The highest BCUT2D eigenvalue weighted by Crippen LogP contribution is 2.02. The molecule has 0 heterocycles. The molecule has 0 spiro atoms. The molecule has 3 atom stereocenters. The molecule has 0 saturated heterocycles. The Hall–Kier alpha value is -0.120. The maximum atomic E-state index is 9.69. The molecule has 0 aromatic rings. The van der Waals surface area contributed by atoms with E-state index in [4.69, 9.17) is 5.73 Å². The molecule has 0 rings (SSSR count). The first-order valence-electron chi connectivity index (χ1n) is 5.66. The molecule has 0 amide bonds. The molecule has 3 nitrogen and oxygen atoms in total. The van der Waals surface area contributed by atoms with E-state index >= 15 is 0 Å². The first-order valence-corrected chi connectivity index (χ1v) is 5.66. The van der Waals surface area contributed by atoms with Gasteiger partial charge in [0.05, 0.1) is 6.10 Å². The van der Waals surface area contributed by atoms with Crippen molar-refractivity contribution in [2.24, 2.45) is 11.7 Å². The lowest BCUT2D eigenvalue weighted by atomic mass is 10.0. The third-order valence-electron chi connectivity index (χ3n) is 2.77. The first kappa shape index (κ1) is 13.9. The van der Waals surface area contributed by atoms with E-state index in [0.29, 0.717) is 18.5 Å². The van der Waals surface area contributed by atoms with Gasteiger partial charge in [-0.3, -0.25) is 0 Å². The van der Waals surface area contributed by atoms with Gasteiger partial charge < -0.3 is 16.2 Å². The summed E-state index contributed by atoms with van der Waals surface area (Å²) in [7, 11) is 0. The molecule has 0 saturated carbocycles. The normalized spacial score (nSPS) is 18.2. The van der Waals surface area contributed by atoms with Crippen molar-refractivity contribution >= 4 is 0 Å². The summed E-state index contributed by atoms with van der Waals surface area (Å²) in [6, 6.07) is 0.338. The van der Waals surface area contributed by atoms with Crippen LogP contribution >= 0.6 is 0 Å². The van der Waals surface area contributed by atoms with Crippen LogP contribution in [0.2, 0.25) is 0 Å². The molecule has 0 radical (unpaired) electrons. The van der Waals surface area contributed by atoms with Crippen LogP contribution in [0.25, 0.3) is 0 Å². The smallest absolute Gasteiger partial charge is 0.0815 e. The van der Waals surface area contributed by atoms with E-state index in [2.05, 4.69) is 33.0 Å². The number of rotatable bonds is 7. The van der Waals surface area contributed by atoms with E-state index in [1.165, 1.54) is 0 Å². The molecular weight excluding hydrogens is 176 g/mol. The van der Waals surface area contributed by atoms with Crippen molar-refractivity contribution in [3.8, 4) is 0 Å². The van der Waals surface area contributed by atoms with Gasteiger partial charge in [-0.2, -0.15) is 0 Å². The number of hydrogen-bond acceptors (Lipinski definition) is 3. The van der Waals surface area contributed by atoms with Crippen molar-refractivity contribution < 1.29 is 5.11 Å². The molecule has 0 aliphatic heterocycles. The summed E-state index contributed by atoms with van der Waals surface area (Å²) >= 11 is 0. The largest absolute Gasteiger partial charge is 0.390 e. The lowest BCUT2D eigenvalue weighted by molar-refractivity contribution is 0.132. The summed E-state index contributed by atoms with van der Waals surface area (Å²) in [5, 5.41) is 13.0. The fourth-order valence-corrected chi connectivity index (χ4v) is 1.22. The minimum Gasteiger partial charge on any atom is -0.390 e. The van der Waals surface area contributed by atoms with Crippen LogP contribution in [0.1, 0.15) is 40.5 Å². The second-order valence-corrected chi connectivity index (χ2v) is 4.46. The minimum absolute atomic E-state index is 0.0909. The average molecular weight is 202 g/mol. The molecular formula is C11H26N2O. The molecule has 4 N–H and O–H groups in total. The molecule has 0 aliphatic rings. The van der Waals surface area contributed by atoms with E-state index in [1.54, 1.807) is 0 Å². The lowest BCUT2D eigenvalue weighted by Crippen LogP contribution is -2.45. The number of nitrogens with one attached hydrogen (secondary N) is 1. The molecule has 3 heteroatoms. The Balaban J connectivity index is 3.67. The molecule has 14 heavy (non-hydrogen) atoms. The number of aliphatic hydroxyl groups excluding tert-OH is 1. The van der Waals surface area contributed by atoms with Crippen LogP contribution in [0.4, 0.5) is 0 Å². The van der Waals surface area contributed by atoms with Gasteiger partial charge in [-0.1, -0.05) is 27.2 Å². The fraction of sp³-hybridized carbons (Fsp3) is 1.00. The van der Waals surface area contributed by atoms with Crippen LogP contribution in [0.5, 0.6) is 0 Å². The topological polar surface area (TPSA) is 58.3 Å². The van der Waals surface area contributed by atoms with Crippen LogP contribution in [0, 0.1) is 5.92 Å². The predicted molar refractivity (Wildman–Crippen MR) is 61.2 cm³/mol. The Labute approximate surface area is 88.1 Å².